The maximum absolute atomic E-state index is 14.7. The Kier molecular flexibility index (Phi) is 6.81. The molecule has 0 aromatic heterocycles. The second-order valence-corrected chi connectivity index (χ2v) is 14.6. The molecule has 0 aliphatic rings. The molecule has 0 aliphatic carbocycles. The van der Waals surface area contributed by atoms with Gasteiger partial charge in [0, 0.05) is 5.56 Å². The van der Waals surface area contributed by atoms with Crippen LogP contribution in [0.25, 0.3) is 11.1 Å². The number of halogens is 3. The normalized spacial score (nSPS) is 11.7. The van der Waals surface area contributed by atoms with Crippen molar-refractivity contribution >= 4 is 8.32 Å². The summed E-state index contributed by atoms with van der Waals surface area (Å²) in [5.74, 6) is 4.42. The zero-order valence-electron chi connectivity index (χ0n) is 20.2. The molecule has 3 rings (SSSR count). The Labute approximate surface area is 195 Å². The Morgan fingerprint density at radius 3 is 1.79 bits per heavy atom. The van der Waals surface area contributed by atoms with E-state index in [2.05, 4.69) is 45.7 Å². The van der Waals surface area contributed by atoms with E-state index in [0.717, 1.165) is 34.6 Å². The maximum atomic E-state index is 14.7. The second kappa shape index (κ2) is 9.11. The molecule has 0 saturated carbocycles. The van der Waals surface area contributed by atoms with Crippen LogP contribution in [0.4, 0.5) is 13.2 Å². The zero-order chi connectivity index (χ0) is 24.6. The lowest BCUT2D eigenvalue weighted by Crippen LogP contribution is -2.43. The molecule has 0 spiro atoms. The second-order valence-electron chi connectivity index (χ2n) is 9.87. The van der Waals surface area contributed by atoms with Crippen LogP contribution >= 0.6 is 0 Å². The van der Waals surface area contributed by atoms with Crippen molar-refractivity contribution in [2.45, 2.75) is 52.8 Å². The highest BCUT2D eigenvalue weighted by atomic mass is 28.4. The van der Waals surface area contributed by atoms with E-state index in [9.17, 15) is 13.2 Å². The molecule has 3 aromatic carbocycles. The molecule has 0 radical (unpaired) electrons. The molecule has 1 nitrogen and oxygen atoms in total. The fourth-order valence-corrected chi connectivity index (χ4v) is 4.24. The third-order valence-corrected chi connectivity index (χ3v) is 10.6. The van der Waals surface area contributed by atoms with E-state index in [1.54, 1.807) is 12.1 Å². The zero-order valence-corrected chi connectivity index (χ0v) is 21.2. The number of hydrogen-bond acceptors (Lipinski definition) is 1. The average Bonchev–Trinajstić information content (AvgIpc) is 2.69. The topological polar surface area (TPSA) is 9.23 Å². The van der Waals surface area contributed by atoms with Gasteiger partial charge in [-0.05, 0) is 90.6 Å². The molecule has 33 heavy (non-hydrogen) atoms. The minimum Gasteiger partial charge on any atom is -0.543 e. The van der Waals surface area contributed by atoms with Gasteiger partial charge >= 0.3 is 0 Å². The smallest absolute Gasteiger partial charge is 0.250 e. The van der Waals surface area contributed by atoms with Crippen LogP contribution in [-0.4, -0.2) is 8.32 Å². The van der Waals surface area contributed by atoms with E-state index in [4.69, 9.17) is 4.43 Å². The molecule has 0 amide bonds. The number of aryl methyl sites for hydroxylation is 2. The maximum Gasteiger partial charge on any atom is 0.250 e. The van der Waals surface area contributed by atoms with Crippen molar-refractivity contribution in [1.82, 2.24) is 0 Å². The molecular weight excluding hydrogens is 437 g/mol. The van der Waals surface area contributed by atoms with Gasteiger partial charge in [0.15, 0.2) is 11.6 Å². The van der Waals surface area contributed by atoms with E-state index in [1.807, 2.05) is 26.0 Å². The summed E-state index contributed by atoms with van der Waals surface area (Å²) >= 11 is 0. The SMILES string of the molecule is Cc1cc(O[Si](C)(C)C(C)(C)C)cc(C)c1C#Cc1ccc(-c2ccc(F)c(F)c2)cc1F. The Morgan fingerprint density at radius 2 is 1.27 bits per heavy atom. The van der Waals surface area contributed by atoms with E-state index < -0.39 is 25.8 Å². The average molecular weight is 467 g/mol. The number of rotatable bonds is 3. The minimum absolute atomic E-state index is 0.0939. The Hall–Kier alpha value is -2.97. The van der Waals surface area contributed by atoms with Gasteiger partial charge in [-0.2, -0.15) is 0 Å². The van der Waals surface area contributed by atoms with E-state index in [0.29, 0.717) is 11.1 Å². The third-order valence-electron chi connectivity index (χ3n) is 6.23. The van der Waals surface area contributed by atoms with Crippen LogP contribution in [0.15, 0.2) is 48.5 Å². The molecule has 0 unspecified atom stereocenters. The molecule has 0 bridgehead atoms. The van der Waals surface area contributed by atoms with E-state index in [1.165, 1.54) is 12.1 Å². The molecule has 0 N–H and O–H groups in total. The lowest BCUT2D eigenvalue weighted by Gasteiger charge is -2.36. The van der Waals surface area contributed by atoms with Crippen molar-refractivity contribution in [3.63, 3.8) is 0 Å². The van der Waals surface area contributed by atoms with Crippen molar-refractivity contribution in [2.24, 2.45) is 0 Å². The van der Waals surface area contributed by atoms with Crippen LogP contribution < -0.4 is 4.43 Å². The highest BCUT2D eigenvalue weighted by Gasteiger charge is 2.39. The number of hydrogen-bond donors (Lipinski definition) is 0. The summed E-state index contributed by atoms with van der Waals surface area (Å²) in [5.41, 5.74) is 3.86. The highest BCUT2D eigenvalue weighted by molar-refractivity contribution is 6.74. The fourth-order valence-electron chi connectivity index (χ4n) is 3.23. The molecule has 0 atom stereocenters. The summed E-state index contributed by atoms with van der Waals surface area (Å²) in [7, 11) is -1.96. The molecule has 3 aromatic rings. The fraction of sp³-hybridized carbons (Fsp3) is 0.286. The Morgan fingerprint density at radius 1 is 0.727 bits per heavy atom. The monoisotopic (exact) mass is 466 g/mol. The lowest BCUT2D eigenvalue weighted by atomic mass is 10.0. The standard InChI is InChI=1S/C28H29F3OSi/c1-18-14-23(32-33(6,7)28(3,4)5)15-19(2)24(18)12-10-20-8-9-21(16-26(20)30)22-11-13-25(29)27(31)17-22/h8-9,11,13-17H,1-7H3. The van der Waals surface area contributed by atoms with Gasteiger partial charge < -0.3 is 4.43 Å². The van der Waals surface area contributed by atoms with Crippen LogP contribution in [0, 0.1) is 43.1 Å². The summed E-state index contributed by atoms with van der Waals surface area (Å²) < 4.78 is 47.8. The summed E-state index contributed by atoms with van der Waals surface area (Å²) in [4.78, 5) is 0. The first kappa shape index (κ1) is 24.7. The van der Waals surface area contributed by atoms with Crippen molar-refractivity contribution in [3.8, 4) is 28.7 Å². The predicted molar refractivity (Wildman–Crippen MR) is 131 cm³/mol. The molecule has 0 heterocycles. The van der Waals surface area contributed by atoms with Crippen LogP contribution in [0.2, 0.25) is 18.1 Å². The van der Waals surface area contributed by atoms with Gasteiger partial charge in [0.25, 0.3) is 0 Å². The summed E-state index contributed by atoms with van der Waals surface area (Å²) in [6.45, 7) is 15.0. The Balaban J connectivity index is 1.88. The van der Waals surface area contributed by atoms with Crippen molar-refractivity contribution in [3.05, 3.63) is 88.2 Å². The van der Waals surface area contributed by atoms with Gasteiger partial charge in [-0.3, -0.25) is 0 Å². The molecular formula is C28H29F3OSi. The first-order chi connectivity index (χ1) is 15.3. The summed E-state index contributed by atoms with van der Waals surface area (Å²) in [6.07, 6.45) is 0. The molecule has 5 heteroatoms. The van der Waals surface area contributed by atoms with Gasteiger partial charge in [-0.15, -0.1) is 0 Å². The van der Waals surface area contributed by atoms with Crippen LogP contribution in [-0.2, 0) is 0 Å². The molecule has 0 aliphatic heterocycles. The van der Waals surface area contributed by atoms with E-state index >= 15 is 0 Å². The van der Waals surface area contributed by atoms with Gasteiger partial charge in [0.2, 0.25) is 8.32 Å². The quantitative estimate of drug-likeness (QED) is 0.279. The van der Waals surface area contributed by atoms with Crippen LogP contribution in [0.1, 0.15) is 43.0 Å². The van der Waals surface area contributed by atoms with Gasteiger partial charge in [-0.25, -0.2) is 13.2 Å². The van der Waals surface area contributed by atoms with Gasteiger partial charge in [-0.1, -0.05) is 44.7 Å². The van der Waals surface area contributed by atoms with Crippen molar-refractivity contribution in [1.29, 1.82) is 0 Å². The van der Waals surface area contributed by atoms with Crippen LogP contribution in [0.5, 0.6) is 5.75 Å². The summed E-state index contributed by atoms with van der Waals surface area (Å²) in [5, 5.41) is 0.0939. The first-order valence-corrected chi connectivity index (χ1v) is 13.8. The van der Waals surface area contributed by atoms with E-state index in [-0.39, 0.29) is 10.6 Å². The largest absolute Gasteiger partial charge is 0.543 e. The van der Waals surface area contributed by atoms with Crippen molar-refractivity contribution in [2.75, 3.05) is 0 Å². The third kappa shape index (κ3) is 5.51. The first-order valence-electron chi connectivity index (χ1n) is 10.9. The van der Waals surface area contributed by atoms with Crippen molar-refractivity contribution < 1.29 is 17.6 Å². The van der Waals surface area contributed by atoms with Crippen LogP contribution in [0.3, 0.4) is 0 Å². The Bertz CT molecular complexity index is 1240. The van der Waals surface area contributed by atoms with Gasteiger partial charge in [0.1, 0.15) is 11.6 Å². The van der Waals surface area contributed by atoms with Gasteiger partial charge in [0.05, 0.1) is 5.56 Å². The number of benzene rings is 3. The molecule has 172 valence electrons. The predicted octanol–water partition coefficient (Wildman–Crippen LogP) is 8.17. The molecule has 0 saturated heterocycles. The summed E-state index contributed by atoms with van der Waals surface area (Å²) in [6, 6.07) is 12.0. The lowest BCUT2D eigenvalue weighted by molar-refractivity contribution is 0.491. The highest BCUT2D eigenvalue weighted by Crippen LogP contribution is 2.38. The molecule has 0 fully saturated rings. The minimum atomic E-state index is -1.96.